The van der Waals surface area contributed by atoms with Gasteiger partial charge in [-0.05, 0) is 50.1 Å². The van der Waals surface area contributed by atoms with Crippen LogP contribution >= 0.6 is 0 Å². The average Bonchev–Trinajstić information content (AvgIpc) is 2.41. The zero-order chi connectivity index (χ0) is 15.4. The van der Waals surface area contributed by atoms with Crippen molar-refractivity contribution in [2.24, 2.45) is 0 Å². The number of nitrogens with one attached hydrogen (secondary N) is 2. The molecule has 0 aromatic heterocycles. The predicted octanol–water partition coefficient (Wildman–Crippen LogP) is 4.43. The number of anilines is 2. The number of carbonyl (C=O) groups excluding carboxylic acids is 1. The molecular weight excluding hydrogens is 260 g/mol. The van der Waals surface area contributed by atoms with Crippen LogP contribution in [-0.2, 0) is 4.79 Å². The van der Waals surface area contributed by atoms with Crippen LogP contribution in [0.5, 0.6) is 0 Å². The highest BCUT2D eigenvalue weighted by Crippen LogP contribution is 2.24. The van der Waals surface area contributed by atoms with Crippen LogP contribution in [-0.4, -0.2) is 5.91 Å². The summed E-state index contributed by atoms with van der Waals surface area (Å²) in [7, 11) is 0. The largest absolute Gasteiger partial charge is 0.379 e. The summed E-state index contributed by atoms with van der Waals surface area (Å²) in [6, 6.07) is 14.7. The molecule has 1 atom stereocenters. The number of hydrogen-bond acceptors (Lipinski definition) is 2. The van der Waals surface area contributed by atoms with Gasteiger partial charge in [0.2, 0.25) is 5.91 Å². The van der Waals surface area contributed by atoms with Gasteiger partial charge in [0.15, 0.2) is 0 Å². The Balaban J connectivity index is 2.12. The van der Waals surface area contributed by atoms with Crippen LogP contribution in [0.1, 0.15) is 36.6 Å². The fourth-order valence-electron chi connectivity index (χ4n) is 2.36. The van der Waals surface area contributed by atoms with Crippen molar-refractivity contribution in [3.05, 3.63) is 59.2 Å². The first-order chi connectivity index (χ1) is 9.95. The van der Waals surface area contributed by atoms with E-state index in [9.17, 15) is 4.79 Å². The van der Waals surface area contributed by atoms with E-state index < -0.39 is 0 Å². The molecule has 0 saturated carbocycles. The topological polar surface area (TPSA) is 41.1 Å². The number of benzene rings is 2. The third kappa shape index (κ3) is 4.09. The molecule has 0 aliphatic rings. The maximum Gasteiger partial charge on any atom is 0.221 e. The van der Waals surface area contributed by atoms with Gasteiger partial charge >= 0.3 is 0 Å². The van der Waals surface area contributed by atoms with Crippen LogP contribution in [0, 0.1) is 13.8 Å². The van der Waals surface area contributed by atoms with Crippen molar-refractivity contribution < 1.29 is 4.79 Å². The molecule has 0 aliphatic carbocycles. The average molecular weight is 282 g/mol. The molecule has 0 radical (unpaired) electrons. The van der Waals surface area contributed by atoms with Gasteiger partial charge in [0.05, 0.1) is 0 Å². The van der Waals surface area contributed by atoms with Crippen molar-refractivity contribution in [3.63, 3.8) is 0 Å². The standard InChI is InChI=1S/C18H22N2O/c1-12-6-5-7-16(10-12)14(3)19-17-8-9-18(13(2)11-17)20-15(4)21/h5-11,14,19H,1-4H3,(H,20,21). The first kappa shape index (κ1) is 15.1. The van der Waals surface area contributed by atoms with Gasteiger partial charge in [-0.2, -0.15) is 0 Å². The molecule has 0 bridgehead atoms. The second kappa shape index (κ2) is 6.44. The fraction of sp³-hybridized carbons (Fsp3) is 0.278. The molecule has 0 fully saturated rings. The summed E-state index contributed by atoms with van der Waals surface area (Å²) in [6.07, 6.45) is 0. The Morgan fingerprint density at radius 2 is 1.86 bits per heavy atom. The lowest BCUT2D eigenvalue weighted by Gasteiger charge is -2.17. The minimum Gasteiger partial charge on any atom is -0.379 e. The molecule has 2 N–H and O–H groups in total. The van der Waals surface area contributed by atoms with Gasteiger partial charge in [0.25, 0.3) is 0 Å². The molecule has 2 aromatic rings. The van der Waals surface area contributed by atoms with E-state index in [0.29, 0.717) is 0 Å². The highest BCUT2D eigenvalue weighted by molar-refractivity contribution is 5.89. The Morgan fingerprint density at radius 3 is 2.48 bits per heavy atom. The maximum atomic E-state index is 11.1. The van der Waals surface area contributed by atoms with Crippen molar-refractivity contribution >= 4 is 17.3 Å². The quantitative estimate of drug-likeness (QED) is 0.870. The van der Waals surface area contributed by atoms with Crippen LogP contribution in [0.3, 0.4) is 0 Å². The Morgan fingerprint density at radius 1 is 1.10 bits per heavy atom. The van der Waals surface area contributed by atoms with Gasteiger partial charge in [-0.1, -0.05) is 29.8 Å². The van der Waals surface area contributed by atoms with E-state index in [-0.39, 0.29) is 11.9 Å². The van der Waals surface area contributed by atoms with E-state index >= 15 is 0 Å². The molecule has 110 valence electrons. The smallest absolute Gasteiger partial charge is 0.221 e. The molecule has 1 unspecified atom stereocenters. The van der Waals surface area contributed by atoms with Crippen LogP contribution in [0.4, 0.5) is 11.4 Å². The van der Waals surface area contributed by atoms with Crippen LogP contribution in [0.25, 0.3) is 0 Å². The fourth-order valence-corrected chi connectivity index (χ4v) is 2.36. The van der Waals surface area contributed by atoms with Crippen molar-refractivity contribution in [3.8, 4) is 0 Å². The number of aryl methyl sites for hydroxylation is 2. The van der Waals surface area contributed by atoms with Gasteiger partial charge in [-0.3, -0.25) is 4.79 Å². The van der Waals surface area contributed by atoms with Gasteiger partial charge in [0, 0.05) is 24.3 Å². The lowest BCUT2D eigenvalue weighted by atomic mass is 10.1. The second-order valence-corrected chi connectivity index (χ2v) is 5.49. The highest BCUT2D eigenvalue weighted by Gasteiger charge is 2.07. The number of hydrogen-bond donors (Lipinski definition) is 2. The van der Waals surface area contributed by atoms with Gasteiger partial charge < -0.3 is 10.6 Å². The third-order valence-corrected chi connectivity index (χ3v) is 3.46. The minimum absolute atomic E-state index is 0.0491. The third-order valence-electron chi connectivity index (χ3n) is 3.46. The van der Waals surface area contributed by atoms with E-state index in [0.717, 1.165) is 16.9 Å². The summed E-state index contributed by atoms with van der Waals surface area (Å²) in [6.45, 7) is 7.76. The van der Waals surface area contributed by atoms with Crippen molar-refractivity contribution in [2.75, 3.05) is 10.6 Å². The molecule has 0 saturated heterocycles. The Bertz CT molecular complexity index is 649. The number of rotatable bonds is 4. The van der Waals surface area contributed by atoms with E-state index in [1.807, 2.05) is 19.1 Å². The molecule has 0 heterocycles. The minimum atomic E-state index is -0.0491. The zero-order valence-corrected chi connectivity index (χ0v) is 13.0. The van der Waals surface area contributed by atoms with E-state index in [1.54, 1.807) is 0 Å². The van der Waals surface area contributed by atoms with E-state index in [1.165, 1.54) is 18.1 Å². The zero-order valence-electron chi connectivity index (χ0n) is 13.0. The number of amides is 1. The molecule has 2 rings (SSSR count). The normalized spacial score (nSPS) is 11.8. The van der Waals surface area contributed by atoms with Crippen molar-refractivity contribution in [1.29, 1.82) is 0 Å². The molecule has 1 amide bonds. The van der Waals surface area contributed by atoms with Crippen molar-refractivity contribution in [1.82, 2.24) is 0 Å². The molecule has 0 aliphatic heterocycles. The predicted molar refractivity (Wildman–Crippen MR) is 88.7 cm³/mol. The monoisotopic (exact) mass is 282 g/mol. The summed E-state index contributed by atoms with van der Waals surface area (Å²) in [5.41, 5.74) is 5.48. The summed E-state index contributed by atoms with van der Waals surface area (Å²) in [5.74, 6) is -0.0491. The van der Waals surface area contributed by atoms with Crippen LogP contribution in [0.15, 0.2) is 42.5 Å². The number of carbonyl (C=O) groups is 1. The van der Waals surface area contributed by atoms with Crippen LogP contribution < -0.4 is 10.6 Å². The van der Waals surface area contributed by atoms with E-state index in [4.69, 9.17) is 0 Å². The first-order valence-electron chi connectivity index (χ1n) is 7.17. The summed E-state index contributed by atoms with van der Waals surface area (Å²) >= 11 is 0. The van der Waals surface area contributed by atoms with E-state index in [2.05, 4.69) is 54.8 Å². The maximum absolute atomic E-state index is 11.1. The molecular formula is C18H22N2O. The van der Waals surface area contributed by atoms with Gasteiger partial charge in [-0.15, -0.1) is 0 Å². The second-order valence-electron chi connectivity index (χ2n) is 5.49. The SMILES string of the molecule is CC(=O)Nc1ccc(NC(C)c2cccc(C)c2)cc1C. The summed E-state index contributed by atoms with van der Waals surface area (Å²) in [5, 5.41) is 6.32. The lowest BCUT2D eigenvalue weighted by molar-refractivity contribution is -0.114. The van der Waals surface area contributed by atoms with Crippen molar-refractivity contribution in [2.45, 2.75) is 33.7 Å². The molecule has 3 nitrogen and oxygen atoms in total. The summed E-state index contributed by atoms with van der Waals surface area (Å²) < 4.78 is 0. The van der Waals surface area contributed by atoms with Crippen LogP contribution in [0.2, 0.25) is 0 Å². The first-order valence-corrected chi connectivity index (χ1v) is 7.17. The Kier molecular flexibility index (Phi) is 4.63. The lowest BCUT2D eigenvalue weighted by Crippen LogP contribution is -2.09. The van der Waals surface area contributed by atoms with Gasteiger partial charge in [0.1, 0.15) is 0 Å². The molecule has 2 aromatic carbocycles. The Hall–Kier alpha value is -2.29. The molecule has 0 spiro atoms. The molecule has 21 heavy (non-hydrogen) atoms. The Labute approximate surface area is 126 Å². The highest BCUT2D eigenvalue weighted by atomic mass is 16.1. The summed E-state index contributed by atoms with van der Waals surface area (Å²) in [4.78, 5) is 11.1. The van der Waals surface area contributed by atoms with Gasteiger partial charge in [-0.25, -0.2) is 0 Å². The molecule has 3 heteroatoms.